The average molecular weight is 306 g/mol. The molecule has 3 heteroatoms. The van der Waals surface area contributed by atoms with Crippen LogP contribution in [0.1, 0.15) is 47.2 Å². The van der Waals surface area contributed by atoms with Crippen LogP contribution in [-0.4, -0.2) is 17.0 Å². The Morgan fingerprint density at radius 1 is 1.17 bits per heavy atom. The van der Waals surface area contributed by atoms with Gasteiger partial charge in [0.1, 0.15) is 0 Å². The Morgan fingerprint density at radius 3 is 2.87 bits per heavy atom. The number of hydrogen-bond acceptors (Lipinski definition) is 2. The maximum atomic E-state index is 12.4. The summed E-state index contributed by atoms with van der Waals surface area (Å²) in [7, 11) is 0. The first-order valence-corrected chi connectivity index (χ1v) is 8.24. The molecule has 0 fully saturated rings. The van der Waals surface area contributed by atoms with Gasteiger partial charge in [0.15, 0.2) is 5.78 Å². The van der Waals surface area contributed by atoms with E-state index >= 15 is 0 Å². The number of ketones is 1. The van der Waals surface area contributed by atoms with Crippen LogP contribution >= 0.6 is 0 Å². The van der Waals surface area contributed by atoms with E-state index in [0.29, 0.717) is 6.42 Å². The second-order valence-electron chi connectivity index (χ2n) is 6.03. The molecular formula is C20H22N2O. The fraction of sp³-hybridized carbons (Fsp3) is 0.300. The van der Waals surface area contributed by atoms with E-state index in [9.17, 15) is 4.79 Å². The number of rotatable bonds is 7. The van der Waals surface area contributed by atoms with Crippen LogP contribution in [0.15, 0.2) is 59.5 Å². The van der Waals surface area contributed by atoms with E-state index in [4.69, 9.17) is 0 Å². The minimum absolute atomic E-state index is 0.195. The molecule has 0 unspecified atom stereocenters. The molecule has 0 atom stereocenters. The Bertz CT molecular complexity index is 711. The van der Waals surface area contributed by atoms with Gasteiger partial charge in [0.05, 0.1) is 0 Å². The number of benzene rings is 1. The molecule has 3 nitrogen and oxygen atoms in total. The first kappa shape index (κ1) is 15.5. The zero-order valence-corrected chi connectivity index (χ0v) is 13.3. The molecule has 0 aliphatic carbocycles. The summed E-state index contributed by atoms with van der Waals surface area (Å²) in [6, 6.07) is 10.2. The van der Waals surface area contributed by atoms with Crippen molar-refractivity contribution in [3.8, 4) is 0 Å². The van der Waals surface area contributed by atoms with E-state index in [1.54, 1.807) is 0 Å². The van der Waals surface area contributed by atoms with Crippen LogP contribution in [0.5, 0.6) is 0 Å². The Morgan fingerprint density at radius 2 is 2.09 bits per heavy atom. The number of carbonyl (C=O) groups excluding carboxylic acids is 1. The van der Waals surface area contributed by atoms with Crippen LogP contribution in [0.3, 0.4) is 0 Å². The third-order valence-corrected chi connectivity index (χ3v) is 4.19. The minimum atomic E-state index is 0.195. The Labute approximate surface area is 137 Å². The lowest BCUT2D eigenvalue weighted by molar-refractivity contribution is 0.0992. The number of H-pyrrole nitrogens is 1. The van der Waals surface area contributed by atoms with Crippen molar-refractivity contribution in [2.75, 3.05) is 0 Å². The van der Waals surface area contributed by atoms with Crippen molar-refractivity contribution in [1.82, 2.24) is 4.98 Å². The van der Waals surface area contributed by atoms with Crippen LogP contribution in [-0.2, 0) is 12.8 Å². The number of aromatic amines is 1. The van der Waals surface area contributed by atoms with Gasteiger partial charge in [0, 0.05) is 36.8 Å². The molecule has 1 N–H and O–H groups in total. The number of nitrogens with zero attached hydrogens (tertiary/aromatic N) is 1. The number of allylic oxidation sites excluding steroid dienone is 1. The standard InChI is InChI=1S/C20H22N2O/c23-20(13-18-7-3-10-21-15-18)19-8-2-5-16(12-19)4-1-6-17-9-11-22-14-17/h2,5,8-12,14-15,22H,1,3-4,6-7,13H2. The first-order chi connectivity index (χ1) is 11.3. The second kappa shape index (κ2) is 7.73. The number of aromatic nitrogens is 1. The molecule has 0 saturated carbocycles. The van der Waals surface area contributed by atoms with Crippen molar-refractivity contribution >= 4 is 12.0 Å². The van der Waals surface area contributed by atoms with Crippen molar-refractivity contribution in [1.29, 1.82) is 0 Å². The van der Waals surface area contributed by atoms with Gasteiger partial charge in [-0.2, -0.15) is 0 Å². The summed E-state index contributed by atoms with van der Waals surface area (Å²) in [6.07, 6.45) is 13.3. The molecule has 0 bridgehead atoms. The SMILES string of the molecule is O=C(CC1=CN=CCC1)c1cccc(CCCc2cc[nH]c2)c1. The van der Waals surface area contributed by atoms with Crippen LogP contribution in [0.4, 0.5) is 0 Å². The topological polar surface area (TPSA) is 45.2 Å². The maximum absolute atomic E-state index is 12.4. The summed E-state index contributed by atoms with van der Waals surface area (Å²) in [6.45, 7) is 0. The highest BCUT2D eigenvalue weighted by Crippen LogP contribution is 2.18. The molecule has 23 heavy (non-hydrogen) atoms. The number of nitrogens with one attached hydrogen (secondary N) is 1. The van der Waals surface area contributed by atoms with Gasteiger partial charge < -0.3 is 4.98 Å². The Kier molecular flexibility index (Phi) is 5.20. The van der Waals surface area contributed by atoms with Gasteiger partial charge in [-0.1, -0.05) is 18.2 Å². The van der Waals surface area contributed by atoms with Crippen LogP contribution in [0.2, 0.25) is 0 Å². The lowest BCUT2D eigenvalue weighted by Crippen LogP contribution is -2.03. The molecule has 2 heterocycles. The van der Waals surface area contributed by atoms with Crippen molar-refractivity contribution in [3.63, 3.8) is 0 Å². The van der Waals surface area contributed by atoms with Crippen LogP contribution in [0.25, 0.3) is 0 Å². The molecule has 1 aliphatic rings. The molecule has 1 aromatic heterocycles. The fourth-order valence-electron chi connectivity index (χ4n) is 2.90. The van der Waals surface area contributed by atoms with Crippen LogP contribution in [0, 0.1) is 0 Å². The molecule has 0 saturated heterocycles. The molecule has 0 radical (unpaired) electrons. The van der Waals surface area contributed by atoms with Gasteiger partial charge >= 0.3 is 0 Å². The van der Waals surface area contributed by atoms with E-state index < -0.39 is 0 Å². The Balaban J connectivity index is 1.56. The molecule has 1 aliphatic heterocycles. The van der Waals surface area contributed by atoms with E-state index in [0.717, 1.165) is 43.2 Å². The second-order valence-corrected chi connectivity index (χ2v) is 6.03. The smallest absolute Gasteiger partial charge is 0.166 e. The minimum Gasteiger partial charge on any atom is -0.367 e. The monoisotopic (exact) mass is 306 g/mol. The third-order valence-electron chi connectivity index (χ3n) is 4.19. The summed E-state index contributed by atoms with van der Waals surface area (Å²) >= 11 is 0. The van der Waals surface area contributed by atoms with E-state index in [1.165, 1.54) is 11.1 Å². The molecule has 1 aromatic carbocycles. The first-order valence-electron chi connectivity index (χ1n) is 8.24. The predicted octanol–water partition coefficient (Wildman–Crippen LogP) is 4.51. The zero-order valence-electron chi connectivity index (χ0n) is 13.3. The molecule has 3 rings (SSSR count). The van der Waals surface area contributed by atoms with Gasteiger partial charge in [-0.3, -0.25) is 9.79 Å². The van der Waals surface area contributed by atoms with Gasteiger partial charge in [-0.25, -0.2) is 0 Å². The number of aliphatic imine (C=N–C) groups is 1. The highest BCUT2D eigenvalue weighted by atomic mass is 16.1. The lowest BCUT2D eigenvalue weighted by Gasteiger charge is -2.08. The number of carbonyl (C=O) groups is 1. The van der Waals surface area contributed by atoms with E-state index in [1.807, 2.05) is 43.0 Å². The summed E-state index contributed by atoms with van der Waals surface area (Å²) < 4.78 is 0. The van der Waals surface area contributed by atoms with E-state index in [-0.39, 0.29) is 5.78 Å². The van der Waals surface area contributed by atoms with Gasteiger partial charge in [-0.05, 0) is 60.9 Å². The fourth-order valence-corrected chi connectivity index (χ4v) is 2.90. The summed E-state index contributed by atoms with van der Waals surface area (Å²) in [5, 5.41) is 0. The third kappa shape index (κ3) is 4.52. The number of hydrogen-bond donors (Lipinski definition) is 1. The van der Waals surface area contributed by atoms with Crippen molar-refractivity contribution in [2.45, 2.75) is 38.5 Å². The Hall–Kier alpha value is -2.42. The van der Waals surface area contributed by atoms with Crippen LogP contribution < -0.4 is 0 Å². The molecule has 0 amide bonds. The van der Waals surface area contributed by atoms with Crippen molar-refractivity contribution < 1.29 is 4.79 Å². The summed E-state index contributed by atoms with van der Waals surface area (Å²) in [4.78, 5) is 19.7. The maximum Gasteiger partial charge on any atom is 0.166 e. The number of Topliss-reactive ketones (excluding diaryl/α,β-unsaturated/α-hetero) is 1. The summed E-state index contributed by atoms with van der Waals surface area (Å²) in [5.41, 5.74) is 4.53. The predicted molar refractivity (Wildman–Crippen MR) is 94.0 cm³/mol. The van der Waals surface area contributed by atoms with Crippen molar-refractivity contribution in [3.05, 3.63) is 71.2 Å². The largest absolute Gasteiger partial charge is 0.367 e. The highest BCUT2D eigenvalue weighted by molar-refractivity contribution is 5.97. The zero-order chi connectivity index (χ0) is 15.9. The van der Waals surface area contributed by atoms with Gasteiger partial charge in [-0.15, -0.1) is 0 Å². The van der Waals surface area contributed by atoms with Gasteiger partial charge in [0.2, 0.25) is 0 Å². The highest BCUT2D eigenvalue weighted by Gasteiger charge is 2.10. The quantitative estimate of drug-likeness (QED) is 0.751. The lowest BCUT2D eigenvalue weighted by atomic mass is 9.97. The summed E-state index contributed by atoms with van der Waals surface area (Å²) in [5.74, 6) is 0.195. The molecule has 118 valence electrons. The normalized spacial score (nSPS) is 13.8. The average Bonchev–Trinajstić information content (AvgIpc) is 3.09. The molecular weight excluding hydrogens is 284 g/mol. The molecule has 2 aromatic rings. The number of aryl methyl sites for hydroxylation is 2. The van der Waals surface area contributed by atoms with Crippen molar-refractivity contribution in [2.24, 2.45) is 4.99 Å². The van der Waals surface area contributed by atoms with E-state index in [2.05, 4.69) is 22.1 Å². The van der Waals surface area contributed by atoms with Gasteiger partial charge in [0.25, 0.3) is 0 Å². The molecule has 0 spiro atoms.